The summed E-state index contributed by atoms with van der Waals surface area (Å²) < 4.78 is 2.24. The molecule has 0 fully saturated rings. The van der Waals surface area contributed by atoms with Crippen molar-refractivity contribution in [3.05, 3.63) is 53.1 Å². The van der Waals surface area contributed by atoms with E-state index in [0.29, 0.717) is 16.9 Å². The van der Waals surface area contributed by atoms with E-state index in [2.05, 4.69) is 30.5 Å². The summed E-state index contributed by atoms with van der Waals surface area (Å²) in [7, 11) is 0. The second kappa shape index (κ2) is 5.70. The van der Waals surface area contributed by atoms with Gasteiger partial charge in [0.2, 0.25) is 0 Å². The Balaban J connectivity index is 2.27. The minimum atomic E-state index is 0.311. The molecule has 108 valence electrons. The molecular weight excluding hydrogens is 303 g/mol. The first-order valence-electron chi connectivity index (χ1n) is 6.93. The van der Waals surface area contributed by atoms with Crippen LogP contribution in [0.5, 0.6) is 0 Å². The molecule has 2 aromatic carbocycles. The van der Waals surface area contributed by atoms with Crippen LogP contribution < -0.4 is 0 Å². The maximum absolute atomic E-state index is 6.09. The number of hydrogen-bond donors (Lipinski definition) is 0. The van der Waals surface area contributed by atoms with Crippen LogP contribution in [-0.4, -0.2) is 9.55 Å². The number of aromatic nitrogens is 2. The molecule has 3 aromatic rings. The van der Waals surface area contributed by atoms with Gasteiger partial charge in [0.05, 0.1) is 11.0 Å². The summed E-state index contributed by atoms with van der Waals surface area (Å²) in [6.07, 6.45) is 0. The molecule has 0 radical (unpaired) electrons. The number of rotatable bonds is 3. The van der Waals surface area contributed by atoms with Crippen LogP contribution in [0.25, 0.3) is 22.4 Å². The molecule has 0 unspecified atom stereocenters. The lowest BCUT2D eigenvalue weighted by Crippen LogP contribution is -2.03. The predicted octanol–water partition coefficient (Wildman–Crippen LogP) is 5.68. The third kappa shape index (κ3) is 2.66. The fraction of sp³-hybridized carbons (Fsp3) is 0.235. The Hall–Kier alpha value is -1.51. The molecule has 4 heteroatoms. The molecule has 21 heavy (non-hydrogen) atoms. The van der Waals surface area contributed by atoms with Gasteiger partial charge in [-0.1, -0.05) is 29.8 Å². The molecule has 0 saturated carbocycles. The van der Waals surface area contributed by atoms with Gasteiger partial charge < -0.3 is 4.57 Å². The highest BCUT2D eigenvalue weighted by molar-refractivity contribution is 6.31. The fourth-order valence-electron chi connectivity index (χ4n) is 2.59. The molecule has 0 spiro atoms. The summed E-state index contributed by atoms with van der Waals surface area (Å²) in [5.41, 5.74) is 4.19. The third-order valence-corrected chi connectivity index (χ3v) is 4.05. The first-order valence-corrected chi connectivity index (χ1v) is 7.84. The summed E-state index contributed by atoms with van der Waals surface area (Å²) in [5.74, 6) is 1.45. The Morgan fingerprint density at radius 3 is 2.67 bits per heavy atom. The first kappa shape index (κ1) is 14.4. The van der Waals surface area contributed by atoms with E-state index in [1.807, 2.05) is 30.3 Å². The summed E-state index contributed by atoms with van der Waals surface area (Å²) in [5, 5.41) is 0.706. The van der Waals surface area contributed by atoms with Gasteiger partial charge in [-0.15, -0.1) is 11.6 Å². The van der Waals surface area contributed by atoms with Gasteiger partial charge in [0.1, 0.15) is 5.82 Å². The second-order valence-electron chi connectivity index (χ2n) is 5.37. The van der Waals surface area contributed by atoms with Crippen molar-refractivity contribution in [3.63, 3.8) is 0 Å². The van der Waals surface area contributed by atoms with Crippen molar-refractivity contribution >= 4 is 34.2 Å². The molecular formula is C17H16Cl2N2. The molecule has 0 aliphatic rings. The Kier molecular flexibility index (Phi) is 3.92. The maximum Gasteiger partial charge on any atom is 0.141 e. The number of halogens is 2. The Labute approximate surface area is 134 Å². The van der Waals surface area contributed by atoms with Gasteiger partial charge in [0.25, 0.3) is 0 Å². The number of nitrogens with zero attached hydrogens (tertiary/aromatic N) is 2. The van der Waals surface area contributed by atoms with Gasteiger partial charge in [-0.3, -0.25) is 0 Å². The number of alkyl halides is 1. The van der Waals surface area contributed by atoms with Crippen molar-refractivity contribution in [2.45, 2.75) is 25.8 Å². The zero-order valence-electron chi connectivity index (χ0n) is 12.0. The molecule has 0 aliphatic heterocycles. The zero-order valence-corrected chi connectivity index (χ0v) is 13.5. The molecule has 0 aliphatic carbocycles. The lowest BCUT2D eigenvalue weighted by Gasteiger charge is -2.13. The average Bonchev–Trinajstić information content (AvgIpc) is 2.85. The molecule has 0 saturated heterocycles. The number of imidazole rings is 1. The predicted molar refractivity (Wildman–Crippen MR) is 90.1 cm³/mol. The van der Waals surface area contributed by atoms with E-state index in [1.165, 1.54) is 0 Å². The topological polar surface area (TPSA) is 17.8 Å². The van der Waals surface area contributed by atoms with Crippen molar-refractivity contribution in [1.82, 2.24) is 9.55 Å². The highest BCUT2D eigenvalue weighted by Crippen LogP contribution is 2.30. The number of benzene rings is 2. The van der Waals surface area contributed by atoms with E-state index in [4.69, 9.17) is 28.2 Å². The van der Waals surface area contributed by atoms with Gasteiger partial charge in [0, 0.05) is 22.5 Å². The molecule has 3 rings (SSSR count). The molecule has 0 bridgehead atoms. The molecule has 0 amide bonds. The smallest absolute Gasteiger partial charge is 0.141 e. The van der Waals surface area contributed by atoms with Crippen molar-refractivity contribution in [2.75, 3.05) is 0 Å². The largest absolute Gasteiger partial charge is 0.321 e. The summed E-state index contributed by atoms with van der Waals surface area (Å²) >= 11 is 12.0. The maximum atomic E-state index is 6.09. The number of fused-ring (bicyclic) bond motifs is 1. The van der Waals surface area contributed by atoms with E-state index < -0.39 is 0 Å². The van der Waals surface area contributed by atoms with Crippen LogP contribution >= 0.6 is 23.2 Å². The minimum Gasteiger partial charge on any atom is -0.321 e. The van der Waals surface area contributed by atoms with E-state index in [1.54, 1.807) is 0 Å². The van der Waals surface area contributed by atoms with Gasteiger partial charge >= 0.3 is 0 Å². The second-order valence-corrected chi connectivity index (χ2v) is 6.07. The Morgan fingerprint density at radius 2 is 1.95 bits per heavy atom. The van der Waals surface area contributed by atoms with Gasteiger partial charge in [-0.05, 0) is 43.7 Å². The third-order valence-electron chi connectivity index (χ3n) is 3.51. The van der Waals surface area contributed by atoms with Crippen molar-refractivity contribution in [2.24, 2.45) is 0 Å². The van der Waals surface area contributed by atoms with Gasteiger partial charge in [0.15, 0.2) is 0 Å². The van der Waals surface area contributed by atoms with Gasteiger partial charge in [-0.2, -0.15) is 0 Å². The molecule has 1 aromatic heterocycles. The first-order chi connectivity index (χ1) is 10.1. The lowest BCUT2D eigenvalue weighted by molar-refractivity contribution is 0.624. The highest BCUT2D eigenvalue weighted by Gasteiger charge is 2.15. The monoisotopic (exact) mass is 318 g/mol. The van der Waals surface area contributed by atoms with Crippen LogP contribution in [0.1, 0.15) is 25.5 Å². The fourth-order valence-corrected chi connectivity index (χ4v) is 2.92. The average molecular weight is 319 g/mol. The van der Waals surface area contributed by atoms with Crippen LogP contribution in [0.4, 0.5) is 0 Å². The molecule has 0 atom stereocenters. The SMILES string of the molecule is CC(C)n1c(-c2cccc(CCl)c2)nc2cc(Cl)ccc21. The highest BCUT2D eigenvalue weighted by atomic mass is 35.5. The molecule has 0 N–H and O–H groups in total. The van der Waals surface area contributed by atoms with Crippen LogP contribution in [0.15, 0.2) is 42.5 Å². The van der Waals surface area contributed by atoms with Crippen molar-refractivity contribution in [3.8, 4) is 11.4 Å². The standard InChI is InChI=1S/C17H16Cl2N2/c1-11(2)21-16-7-6-14(19)9-15(16)20-17(21)13-5-3-4-12(8-13)10-18/h3-9,11H,10H2,1-2H3. The quantitative estimate of drug-likeness (QED) is 0.568. The molecule has 1 heterocycles. The Morgan fingerprint density at radius 1 is 1.14 bits per heavy atom. The summed E-state index contributed by atoms with van der Waals surface area (Å²) in [4.78, 5) is 4.78. The van der Waals surface area contributed by atoms with E-state index in [0.717, 1.165) is 28.0 Å². The lowest BCUT2D eigenvalue weighted by atomic mass is 10.1. The van der Waals surface area contributed by atoms with Crippen LogP contribution in [-0.2, 0) is 5.88 Å². The normalized spacial score (nSPS) is 11.5. The number of hydrogen-bond acceptors (Lipinski definition) is 1. The van der Waals surface area contributed by atoms with E-state index in [-0.39, 0.29) is 0 Å². The minimum absolute atomic E-state index is 0.311. The van der Waals surface area contributed by atoms with Crippen LogP contribution in [0.3, 0.4) is 0 Å². The van der Waals surface area contributed by atoms with Crippen molar-refractivity contribution in [1.29, 1.82) is 0 Å². The van der Waals surface area contributed by atoms with Gasteiger partial charge in [-0.25, -0.2) is 4.98 Å². The summed E-state index contributed by atoms with van der Waals surface area (Å²) in [6.45, 7) is 4.31. The zero-order chi connectivity index (χ0) is 15.0. The molecule has 2 nitrogen and oxygen atoms in total. The summed E-state index contributed by atoms with van der Waals surface area (Å²) in [6, 6.07) is 14.4. The van der Waals surface area contributed by atoms with Crippen LogP contribution in [0, 0.1) is 0 Å². The van der Waals surface area contributed by atoms with E-state index in [9.17, 15) is 0 Å². The Bertz CT molecular complexity index is 791. The van der Waals surface area contributed by atoms with E-state index >= 15 is 0 Å². The van der Waals surface area contributed by atoms with Crippen LogP contribution in [0.2, 0.25) is 5.02 Å². The van der Waals surface area contributed by atoms with Crippen molar-refractivity contribution < 1.29 is 0 Å².